The van der Waals surface area contributed by atoms with E-state index in [1.54, 1.807) is 0 Å². The van der Waals surface area contributed by atoms with E-state index >= 15 is 0 Å². The number of rotatable bonds is 1. The largest absolute Gasteiger partial charge is 0.393 e. The van der Waals surface area contributed by atoms with Gasteiger partial charge in [-0.1, -0.05) is 42.4 Å². The van der Waals surface area contributed by atoms with Crippen LogP contribution < -0.4 is 0 Å². The quantitative estimate of drug-likeness (QED) is 0.638. The molecule has 118 valence electrons. The summed E-state index contributed by atoms with van der Waals surface area (Å²) in [5.41, 5.74) is 4.23. The maximum absolute atomic E-state index is 10.7. The molecule has 0 aromatic carbocycles. The molecule has 21 heavy (non-hydrogen) atoms. The maximum Gasteiger partial charge on any atom is 0.0605 e. The molecule has 0 bridgehead atoms. The van der Waals surface area contributed by atoms with E-state index in [0.29, 0.717) is 11.8 Å². The molecule has 0 saturated heterocycles. The lowest BCUT2D eigenvalue weighted by Crippen LogP contribution is -2.33. The zero-order valence-electron chi connectivity index (χ0n) is 14.3. The summed E-state index contributed by atoms with van der Waals surface area (Å²) in [4.78, 5) is 0. The molecule has 0 amide bonds. The summed E-state index contributed by atoms with van der Waals surface area (Å²) < 4.78 is 0. The topological polar surface area (TPSA) is 20.2 Å². The SMILES string of the molecule is C=C(C)[C@H]1C[C@H](O)[C@]2(C)CC=C(C)CC/C=C(\C)CC[C@@H]12. The number of hydrogen-bond donors (Lipinski definition) is 1. The lowest BCUT2D eigenvalue weighted by atomic mass is 9.70. The average molecular weight is 288 g/mol. The predicted molar refractivity (Wildman–Crippen MR) is 91.1 cm³/mol. The van der Waals surface area contributed by atoms with E-state index in [0.717, 1.165) is 32.1 Å². The van der Waals surface area contributed by atoms with Gasteiger partial charge in [0.1, 0.15) is 0 Å². The summed E-state index contributed by atoms with van der Waals surface area (Å²) in [5, 5.41) is 10.7. The number of aliphatic hydroxyl groups excluding tert-OH is 1. The molecule has 0 aliphatic heterocycles. The first-order valence-electron chi connectivity index (χ1n) is 8.49. The van der Waals surface area contributed by atoms with Crippen molar-refractivity contribution in [2.24, 2.45) is 17.3 Å². The van der Waals surface area contributed by atoms with Gasteiger partial charge in [0, 0.05) is 5.41 Å². The van der Waals surface area contributed by atoms with Crippen molar-refractivity contribution in [3.8, 4) is 0 Å². The highest BCUT2D eigenvalue weighted by atomic mass is 16.3. The summed E-state index contributed by atoms with van der Waals surface area (Å²) in [6.45, 7) is 13.1. The van der Waals surface area contributed by atoms with Crippen molar-refractivity contribution in [1.29, 1.82) is 0 Å². The third-order valence-corrected chi connectivity index (χ3v) is 5.98. The molecular formula is C20H32O. The van der Waals surface area contributed by atoms with Gasteiger partial charge in [-0.3, -0.25) is 0 Å². The highest BCUT2D eigenvalue weighted by molar-refractivity contribution is 5.15. The monoisotopic (exact) mass is 288 g/mol. The van der Waals surface area contributed by atoms with Crippen LogP contribution in [0.2, 0.25) is 0 Å². The second kappa shape index (κ2) is 6.52. The van der Waals surface area contributed by atoms with Crippen LogP contribution >= 0.6 is 0 Å². The van der Waals surface area contributed by atoms with Crippen LogP contribution in [0.3, 0.4) is 0 Å². The Morgan fingerprint density at radius 1 is 1.24 bits per heavy atom. The molecule has 1 heteroatoms. The number of hydrogen-bond acceptors (Lipinski definition) is 1. The molecule has 0 aromatic heterocycles. The first-order valence-corrected chi connectivity index (χ1v) is 8.49. The summed E-state index contributed by atoms with van der Waals surface area (Å²) in [6.07, 6.45) is 11.1. The zero-order valence-corrected chi connectivity index (χ0v) is 14.3. The Hall–Kier alpha value is -0.820. The molecule has 1 saturated carbocycles. The van der Waals surface area contributed by atoms with Gasteiger partial charge in [-0.05, 0) is 71.1 Å². The average Bonchev–Trinajstić information content (AvgIpc) is 2.65. The first-order chi connectivity index (χ1) is 9.84. The molecule has 0 radical (unpaired) electrons. The fourth-order valence-corrected chi connectivity index (χ4v) is 4.27. The fourth-order valence-electron chi connectivity index (χ4n) is 4.27. The Morgan fingerprint density at radius 2 is 1.90 bits per heavy atom. The molecular weight excluding hydrogens is 256 g/mol. The van der Waals surface area contributed by atoms with Gasteiger partial charge in [0.25, 0.3) is 0 Å². The van der Waals surface area contributed by atoms with Gasteiger partial charge in [0.2, 0.25) is 0 Å². The van der Waals surface area contributed by atoms with Gasteiger partial charge in [-0.2, -0.15) is 0 Å². The van der Waals surface area contributed by atoms with Gasteiger partial charge >= 0.3 is 0 Å². The highest BCUT2D eigenvalue weighted by Gasteiger charge is 2.50. The lowest BCUT2D eigenvalue weighted by molar-refractivity contribution is 0.0380. The van der Waals surface area contributed by atoms with Gasteiger partial charge < -0.3 is 5.11 Å². The molecule has 0 aromatic rings. The van der Waals surface area contributed by atoms with E-state index in [9.17, 15) is 5.11 Å². The zero-order chi connectivity index (χ0) is 15.6. The van der Waals surface area contributed by atoms with Crippen LogP contribution in [0.15, 0.2) is 35.5 Å². The second-order valence-corrected chi connectivity index (χ2v) is 7.70. The van der Waals surface area contributed by atoms with Crippen molar-refractivity contribution in [3.63, 3.8) is 0 Å². The van der Waals surface area contributed by atoms with E-state index in [-0.39, 0.29) is 11.5 Å². The molecule has 2 rings (SSSR count). The Balaban J connectivity index is 2.33. The summed E-state index contributed by atoms with van der Waals surface area (Å²) in [6, 6.07) is 0. The minimum Gasteiger partial charge on any atom is -0.393 e. The maximum atomic E-state index is 10.7. The van der Waals surface area contributed by atoms with Crippen molar-refractivity contribution in [1.82, 2.24) is 0 Å². The van der Waals surface area contributed by atoms with E-state index in [4.69, 9.17) is 0 Å². The molecule has 1 fully saturated rings. The van der Waals surface area contributed by atoms with Crippen LogP contribution in [-0.4, -0.2) is 11.2 Å². The third-order valence-electron chi connectivity index (χ3n) is 5.98. The van der Waals surface area contributed by atoms with Crippen molar-refractivity contribution >= 4 is 0 Å². The van der Waals surface area contributed by atoms with Crippen molar-refractivity contribution < 1.29 is 5.11 Å². The summed E-state index contributed by atoms with van der Waals surface area (Å²) >= 11 is 0. The lowest BCUT2D eigenvalue weighted by Gasteiger charge is -2.36. The van der Waals surface area contributed by atoms with Gasteiger partial charge in [-0.25, -0.2) is 0 Å². The molecule has 2 aliphatic rings. The van der Waals surface area contributed by atoms with E-state index in [2.05, 4.69) is 46.4 Å². The van der Waals surface area contributed by atoms with E-state index in [1.165, 1.54) is 23.1 Å². The molecule has 1 nitrogen and oxygen atoms in total. The van der Waals surface area contributed by atoms with Crippen LogP contribution in [-0.2, 0) is 0 Å². The fraction of sp³-hybridized carbons (Fsp3) is 0.700. The predicted octanol–water partition coefficient (Wildman–Crippen LogP) is 5.42. The second-order valence-electron chi connectivity index (χ2n) is 7.70. The Labute approximate surface area is 130 Å². The molecule has 1 N–H and O–H groups in total. The standard InChI is InChI=1S/C20H32O/c1-14(2)17-13-19(21)20(5)12-11-16(4)8-6-7-15(3)9-10-18(17)20/h7,11,17-19,21H,1,6,8-10,12-13H2,2-5H3/b15-7+,16-11?/t17-,18+,19+,20-/m1/s1. The minimum atomic E-state index is -0.196. The highest BCUT2D eigenvalue weighted by Crippen LogP contribution is 2.54. The molecule has 2 aliphatic carbocycles. The van der Waals surface area contributed by atoms with E-state index < -0.39 is 0 Å². The summed E-state index contributed by atoms with van der Waals surface area (Å²) in [5.74, 6) is 1.03. The molecule has 0 heterocycles. The van der Waals surface area contributed by atoms with Gasteiger partial charge in [-0.15, -0.1) is 0 Å². The molecule has 4 atom stereocenters. The third kappa shape index (κ3) is 3.51. The van der Waals surface area contributed by atoms with Gasteiger partial charge in [0.05, 0.1) is 6.10 Å². The summed E-state index contributed by atoms with van der Waals surface area (Å²) in [7, 11) is 0. The Kier molecular flexibility index (Phi) is 5.14. The van der Waals surface area contributed by atoms with E-state index in [1.807, 2.05) is 0 Å². The smallest absolute Gasteiger partial charge is 0.0605 e. The van der Waals surface area contributed by atoms with Crippen LogP contribution in [0.25, 0.3) is 0 Å². The normalized spacial score (nSPS) is 40.5. The van der Waals surface area contributed by atoms with Crippen molar-refractivity contribution in [2.75, 3.05) is 0 Å². The van der Waals surface area contributed by atoms with Crippen molar-refractivity contribution in [2.45, 2.75) is 72.3 Å². The molecule has 0 spiro atoms. The number of aliphatic hydroxyl groups is 1. The van der Waals surface area contributed by atoms with Crippen LogP contribution in [0, 0.1) is 17.3 Å². The van der Waals surface area contributed by atoms with Crippen LogP contribution in [0.4, 0.5) is 0 Å². The van der Waals surface area contributed by atoms with Crippen molar-refractivity contribution in [3.05, 3.63) is 35.5 Å². The number of fused-ring (bicyclic) bond motifs is 1. The number of allylic oxidation sites excluding steroid dienone is 5. The van der Waals surface area contributed by atoms with Crippen LogP contribution in [0.1, 0.15) is 66.2 Å². The Bertz CT molecular complexity index is 456. The molecule has 0 unspecified atom stereocenters. The van der Waals surface area contributed by atoms with Crippen LogP contribution in [0.5, 0.6) is 0 Å². The Morgan fingerprint density at radius 3 is 2.57 bits per heavy atom. The first kappa shape index (κ1) is 16.5. The minimum absolute atomic E-state index is 0.00942. The van der Waals surface area contributed by atoms with Gasteiger partial charge in [0.15, 0.2) is 0 Å².